The topological polar surface area (TPSA) is 75.1 Å². The molecule has 1 atom stereocenters. The van der Waals surface area contributed by atoms with Crippen LogP contribution in [-0.2, 0) is 4.79 Å². The molecule has 2 rings (SSSR count). The Morgan fingerprint density at radius 2 is 2.00 bits per heavy atom. The summed E-state index contributed by atoms with van der Waals surface area (Å²) in [6.45, 7) is 3.73. The van der Waals surface area contributed by atoms with Crippen LogP contribution in [0.5, 0.6) is 11.8 Å². The maximum absolute atomic E-state index is 11.8. The number of rotatable bonds is 8. The number of likely N-dealkylation sites (tertiary alicyclic amines) is 1. The number of hydrogen-bond donors (Lipinski definition) is 1. The van der Waals surface area contributed by atoms with Crippen molar-refractivity contribution in [1.29, 1.82) is 0 Å². The number of aliphatic carboxylic acids is 1. The van der Waals surface area contributed by atoms with E-state index < -0.39 is 12.0 Å². The lowest BCUT2D eigenvalue weighted by Crippen LogP contribution is -2.39. The Balaban J connectivity index is 2.11. The number of nitrogens with zero attached hydrogens (tertiary/aromatic N) is 3. The fourth-order valence-corrected chi connectivity index (χ4v) is 3.09. The molecular formula is C17H27N3O4. The average Bonchev–Trinajstić information content (AvgIpc) is 2.61. The van der Waals surface area contributed by atoms with E-state index in [-0.39, 0.29) is 5.88 Å². The normalized spacial score (nSPS) is 16.8. The van der Waals surface area contributed by atoms with Gasteiger partial charge in [0.05, 0.1) is 14.2 Å². The Morgan fingerprint density at radius 1 is 1.29 bits per heavy atom. The number of likely N-dealkylation sites (N-methyl/N-ethyl adjacent to an activating group) is 1. The highest BCUT2D eigenvalue weighted by molar-refractivity contribution is 5.76. The maximum Gasteiger partial charge on any atom is 0.325 e. The van der Waals surface area contributed by atoms with Crippen molar-refractivity contribution in [2.45, 2.75) is 25.3 Å². The molecule has 1 aliphatic rings. The molecular weight excluding hydrogens is 310 g/mol. The molecule has 0 aliphatic carbocycles. The van der Waals surface area contributed by atoms with Gasteiger partial charge in [-0.3, -0.25) is 9.69 Å². The largest absolute Gasteiger partial charge is 0.481 e. The number of aromatic nitrogens is 1. The number of carbonyl (C=O) groups is 1. The summed E-state index contributed by atoms with van der Waals surface area (Å²) >= 11 is 0. The van der Waals surface area contributed by atoms with Crippen molar-refractivity contribution in [2.75, 3.05) is 47.4 Å². The Labute approximate surface area is 143 Å². The minimum absolute atomic E-state index is 0.284. The van der Waals surface area contributed by atoms with Gasteiger partial charge >= 0.3 is 5.97 Å². The van der Waals surface area contributed by atoms with Crippen LogP contribution in [0.1, 0.15) is 30.9 Å². The number of carboxylic acid groups (broad SMARTS) is 1. The fourth-order valence-electron chi connectivity index (χ4n) is 3.09. The molecule has 0 amide bonds. The first kappa shape index (κ1) is 18.5. The SMILES string of the molecule is COc1ccc([C@@H](C(=O)O)N(C)CCN2CCCCC2)c(OC)n1. The lowest BCUT2D eigenvalue weighted by Gasteiger charge is -2.31. The smallest absolute Gasteiger partial charge is 0.325 e. The Morgan fingerprint density at radius 3 is 2.58 bits per heavy atom. The molecule has 134 valence electrons. The molecule has 1 fully saturated rings. The molecule has 0 radical (unpaired) electrons. The standard InChI is InChI=1S/C17H27N3O4/c1-19(11-12-20-9-5-4-6-10-20)15(17(21)22)13-7-8-14(23-2)18-16(13)24-3/h7-8,15H,4-6,9-12H2,1-3H3,(H,21,22)/t15-/m0/s1. The number of piperidine rings is 1. The molecule has 24 heavy (non-hydrogen) atoms. The van der Waals surface area contributed by atoms with Gasteiger partial charge in [-0.2, -0.15) is 4.98 Å². The first-order valence-corrected chi connectivity index (χ1v) is 8.31. The van der Waals surface area contributed by atoms with E-state index in [4.69, 9.17) is 9.47 Å². The minimum atomic E-state index is -0.915. The molecule has 1 aromatic rings. The van der Waals surface area contributed by atoms with Crippen LogP contribution < -0.4 is 9.47 Å². The molecule has 1 saturated heterocycles. The zero-order valence-corrected chi connectivity index (χ0v) is 14.7. The van der Waals surface area contributed by atoms with Crippen molar-refractivity contribution in [2.24, 2.45) is 0 Å². The minimum Gasteiger partial charge on any atom is -0.481 e. The Hall–Kier alpha value is -1.86. The highest BCUT2D eigenvalue weighted by Gasteiger charge is 2.29. The van der Waals surface area contributed by atoms with Crippen molar-refractivity contribution >= 4 is 5.97 Å². The number of ether oxygens (including phenoxy) is 2. The van der Waals surface area contributed by atoms with Crippen LogP contribution in [0.15, 0.2) is 12.1 Å². The van der Waals surface area contributed by atoms with Crippen LogP contribution in [0.25, 0.3) is 0 Å². The Kier molecular flexibility index (Phi) is 6.81. The van der Waals surface area contributed by atoms with Crippen molar-refractivity contribution in [3.63, 3.8) is 0 Å². The Bertz CT molecular complexity index is 547. The molecule has 1 aromatic heterocycles. The first-order valence-electron chi connectivity index (χ1n) is 8.31. The molecule has 1 N–H and O–H groups in total. The van der Waals surface area contributed by atoms with Crippen LogP contribution in [0.4, 0.5) is 0 Å². The van der Waals surface area contributed by atoms with E-state index in [0.29, 0.717) is 18.0 Å². The second-order valence-corrected chi connectivity index (χ2v) is 6.08. The third-order valence-electron chi connectivity index (χ3n) is 4.45. The molecule has 0 unspecified atom stereocenters. The maximum atomic E-state index is 11.8. The summed E-state index contributed by atoms with van der Waals surface area (Å²) in [7, 11) is 4.82. The van der Waals surface area contributed by atoms with Gasteiger partial charge in [-0.25, -0.2) is 0 Å². The molecule has 7 heteroatoms. The summed E-state index contributed by atoms with van der Waals surface area (Å²) in [5, 5.41) is 9.71. The predicted molar refractivity (Wildman–Crippen MR) is 90.6 cm³/mol. The van der Waals surface area contributed by atoms with Crippen LogP contribution >= 0.6 is 0 Å². The lowest BCUT2D eigenvalue weighted by molar-refractivity contribution is -0.143. The van der Waals surface area contributed by atoms with E-state index in [1.807, 2.05) is 11.9 Å². The summed E-state index contributed by atoms with van der Waals surface area (Å²) in [6.07, 6.45) is 3.74. The van der Waals surface area contributed by atoms with Gasteiger partial charge in [0.25, 0.3) is 0 Å². The average molecular weight is 337 g/mol. The van der Waals surface area contributed by atoms with Crippen LogP contribution in [0, 0.1) is 0 Å². The van der Waals surface area contributed by atoms with E-state index in [2.05, 4.69) is 9.88 Å². The van der Waals surface area contributed by atoms with Gasteiger partial charge in [0, 0.05) is 24.7 Å². The van der Waals surface area contributed by atoms with Gasteiger partial charge < -0.3 is 19.5 Å². The van der Waals surface area contributed by atoms with Crippen LogP contribution in [0.2, 0.25) is 0 Å². The van der Waals surface area contributed by atoms with Crippen LogP contribution in [-0.4, -0.2) is 73.3 Å². The molecule has 0 saturated carbocycles. The first-order chi connectivity index (χ1) is 11.6. The van der Waals surface area contributed by atoms with E-state index in [1.54, 1.807) is 12.1 Å². The molecule has 2 heterocycles. The third kappa shape index (κ3) is 4.58. The van der Waals surface area contributed by atoms with Gasteiger partial charge in [0.15, 0.2) is 0 Å². The third-order valence-corrected chi connectivity index (χ3v) is 4.45. The summed E-state index contributed by atoms with van der Waals surface area (Å²) < 4.78 is 10.4. The second-order valence-electron chi connectivity index (χ2n) is 6.08. The lowest BCUT2D eigenvalue weighted by atomic mass is 10.1. The van der Waals surface area contributed by atoms with E-state index in [0.717, 1.165) is 19.6 Å². The summed E-state index contributed by atoms with van der Waals surface area (Å²) in [5.74, 6) is -0.233. The quantitative estimate of drug-likeness (QED) is 0.773. The molecule has 0 bridgehead atoms. The highest BCUT2D eigenvalue weighted by Crippen LogP contribution is 2.29. The zero-order chi connectivity index (χ0) is 17.5. The van der Waals surface area contributed by atoms with Gasteiger partial charge in [0.1, 0.15) is 6.04 Å². The molecule has 0 aromatic carbocycles. The van der Waals surface area contributed by atoms with Crippen LogP contribution in [0.3, 0.4) is 0 Å². The van der Waals surface area contributed by atoms with Gasteiger partial charge in [0.2, 0.25) is 11.8 Å². The highest BCUT2D eigenvalue weighted by atomic mass is 16.5. The number of methoxy groups -OCH3 is 2. The van der Waals surface area contributed by atoms with Crippen molar-refractivity contribution in [3.8, 4) is 11.8 Å². The van der Waals surface area contributed by atoms with Gasteiger partial charge in [-0.05, 0) is 39.0 Å². The van der Waals surface area contributed by atoms with Gasteiger partial charge in [-0.15, -0.1) is 0 Å². The summed E-state index contributed by atoms with van der Waals surface area (Å²) in [6, 6.07) is 2.57. The van der Waals surface area contributed by atoms with E-state index >= 15 is 0 Å². The van der Waals surface area contributed by atoms with E-state index in [1.165, 1.54) is 33.5 Å². The van der Waals surface area contributed by atoms with Crippen molar-refractivity contribution in [1.82, 2.24) is 14.8 Å². The fraction of sp³-hybridized carbons (Fsp3) is 0.647. The van der Waals surface area contributed by atoms with Gasteiger partial charge in [-0.1, -0.05) is 6.42 Å². The van der Waals surface area contributed by atoms with E-state index in [9.17, 15) is 9.90 Å². The monoisotopic (exact) mass is 337 g/mol. The van der Waals surface area contributed by atoms with Crippen molar-refractivity contribution < 1.29 is 19.4 Å². The zero-order valence-electron chi connectivity index (χ0n) is 14.7. The van der Waals surface area contributed by atoms with Crippen molar-refractivity contribution in [3.05, 3.63) is 17.7 Å². The second kappa shape index (κ2) is 8.84. The number of pyridine rings is 1. The predicted octanol–water partition coefficient (Wildman–Crippen LogP) is 1.64. The molecule has 1 aliphatic heterocycles. The molecule has 0 spiro atoms. The summed E-state index contributed by atoms with van der Waals surface area (Å²) in [5.41, 5.74) is 0.534. The number of hydrogen-bond acceptors (Lipinski definition) is 6. The number of carboxylic acids is 1. The summed E-state index contributed by atoms with van der Waals surface area (Å²) in [4.78, 5) is 20.3. The molecule has 7 nitrogen and oxygen atoms in total.